The predicted molar refractivity (Wildman–Crippen MR) is 123 cm³/mol. The summed E-state index contributed by atoms with van der Waals surface area (Å²) in [6, 6.07) is 7.99. The van der Waals surface area contributed by atoms with Gasteiger partial charge in [0.25, 0.3) is 11.6 Å². The molecule has 2 heterocycles. The molecule has 4 rings (SSSR count). The van der Waals surface area contributed by atoms with E-state index in [0.717, 1.165) is 17.5 Å². The van der Waals surface area contributed by atoms with Crippen molar-refractivity contribution in [3.8, 4) is 17.2 Å². The first-order valence-corrected chi connectivity index (χ1v) is 11.0. The summed E-state index contributed by atoms with van der Waals surface area (Å²) in [5.41, 5.74) is 0.173. The number of nitro groups is 1. The predicted octanol–water partition coefficient (Wildman–Crippen LogP) is 4.06. The van der Waals surface area contributed by atoms with E-state index >= 15 is 0 Å². The van der Waals surface area contributed by atoms with E-state index in [1.54, 1.807) is 13.2 Å². The van der Waals surface area contributed by atoms with Gasteiger partial charge in [-0.15, -0.1) is 0 Å². The number of anilines is 1. The first kappa shape index (κ1) is 22.7. The highest BCUT2D eigenvalue weighted by molar-refractivity contribution is 7.22. The van der Waals surface area contributed by atoms with Crippen molar-refractivity contribution >= 4 is 38.3 Å². The van der Waals surface area contributed by atoms with Crippen molar-refractivity contribution in [2.24, 2.45) is 0 Å². The summed E-state index contributed by atoms with van der Waals surface area (Å²) >= 11 is 1.32. The minimum absolute atomic E-state index is 0.118. The minimum atomic E-state index is -0.608. The molecule has 1 atom stereocenters. The number of nitro benzene ring substituents is 1. The van der Waals surface area contributed by atoms with E-state index in [1.807, 2.05) is 12.1 Å². The number of benzene rings is 2. The molecule has 1 aromatic heterocycles. The van der Waals surface area contributed by atoms with E-state index in [-0.39, 0.29) is 35.4 Å². The van der Waals surface area contributed by atoms with E-state index in [4.69, 9.17) is 18.9 Å². The maximum Gasteiger partial charge on any atom is 0.286 e. The summed E-state index contributed by atoms with van der Waals surface area (Å²) in [4.78, 5) is 31.0. The maximum atomic E-state index is 13.7. The second-order valence-corrected chi connectivity index (χ2v) is 8.37. The molecule has 1 saturated heterocycles. The molecule has 0 spiro atoms. The van der Waals surface area contributed by atoms with Gasteiger partial charge in [0.2, 0.25) is 0 Å². The highest BCUT2D eigenvalue weighted by Crippen LogP contribution is 2.37. The Morgan fingerprint density at radius 3 is 2.61 bits per heavy atom. The van der Waals surface area contributed by atoms with Crippen LogP contribution in [0.3, 0.4) is 0 Å². The normalized spacial score (nSPS) is 15.4. The number of thiazole rings is 1. The number of hydrogen-bond acceptors (Lipinski definition) is 9. The van der Waals surface area contributed by atoms with E-state index in [0.29, 0.717) is 23.0 Å². The van der Waals surface area contributed by atoms with E-state index in [1.165, 1.54) is 42.6 Å². The van der Waals surface area contributed by atoms with Crippen LogP contribution in [0.25, 0.3) is 10.2 Å². The van der Waals surface area contributed by atoms with Crippen molar-refractivity contribution in [1.29, 1.82) is 0 Å². The van der Waals surface area contributed by atoms with Gasteiger partial charge in [-0.05, 0) is 25.0 Å². The van der Waals surface area contributed by atoms with Crippen LogP contribution in [0, 0.1) is 10.1 Å². The number of carbonyl (C=O) groups is 1. The molecule has 1 aliphatic rings. The molecule has 1 fully saturated rings. The number of carbonyl (C=O) groups excluding carboxylic acids is 1. The summed E-state index contributed by atoms with van der Waals surface area (Å²) in [6.45, 7) is 0.835. The molecular formula is C22H23N3O7S. The van der Waals surface area contributed by atoms with Gasteiger partial charge >= 0.3 is 0 Å². The number of rotatable bonds is 8. The third kappa shape index (κ3) is 4.55. The van der Waals surface area contributed by atoms with Crippen molar-refractivity contribution < 1.29 is 28.7 Å². The third-order valence-electron chi connectivity index (χ3n) is 5.40. The van der Waals surface area contributed by atoms with E-state index in [9.17, 15) is 14.9 Å². The van der Waals surface area contributed by atoms with Gasteiger partial charge in [0.15, 0.2) is 16.6 Å². The summed E-state index contributed by atoms with van der Waals surface area (Å²) in [6.07, 6.45) is 1.49. The number of amides is 1. The average Bonchev–Trinajstić information content (AvgIpc) is 3.50. The lowest BCUT2D eigenvalue weighted by Crippen LogP contribution is -2.37. The number of hydrogen-bond donors (Lipinski definition) is 0. The Bertz CT molecular complexity index is 1190. The molecule has 0 radical (unpaired) electrons. The molecule has 174 valence electrons. The zero-order valence-electron chi connectivity index (χ0n) is 18.4. The molecule has 10 nitrogen and oxygen atoms in total. The Balaban J connectivity index is 1.81. The van der Waals surface area contributed by atoms with Crippen LogP contribution in [0.4, 0.5) is 10.8 Å². The summed E-state index contributed by atoms with van der Waals surface area (Å²) in [7, 11) is 4.35. The Morgan fingerprint density at radius 2 is 1.97 bits per heavy atom. The van der Waals surface area contributed by atoms with Gasteiger partial charge in [-0.2, -0.15) is 0 Å². The molecule has 1 aliphatic heterocycles. The van der Waals surface area contributed by atoms with Crippen LogP contribution in [-0.2, 0) is 4.74 Å². The molecule has 1 unspecified atom stereocenters. The number of fused-ring (bicyclic) bond motifs is 1. The van der Waals surface area contributed by atoms with Gasteiger partial charge < -0.3 is 18.9 Å². The SMILES string of the molecule is COc1ccc2sc(N(CC3CCCO3)C(=O)c3cc(OC)c(OC)cc3[N+](=O)[O-])nc2c1. The number of methoxy groups -OCH3 is 3. The van der Waals surface area contributed by atoms with E-state index < -0.39 is 10.8 Å². The first-order chi connectivity index (χ1) is 15.9. The number of ether oxygens (including phenoxy) is 4. The fraction of sp³-hybridized carbons (Fsp3) is 0.364. The van der Waals surface area contributed by atoms with Crippen LogP contribution in [0.15, 0.2) is 30.3 Å². The van der Waals surface area contributed by atoms with Gasteiger partial charge in [0.05, 0.1) is 55.2 Å². The molecule has 3 aromatic rings. The maximum absolute atomic E-state index is 13.7. The molecule has 0 bridgehead atoms. The van der Waals surface area contributed by atoms with Crippen LogP contribution in [0.1, 0.15) is 23.2 Å². The largest absolute Gasteiger partial charge is 0.497 e. The quantitative estimate of drug-likeness (QED) is 0.356. The Hall–Kier alpha value is -3.44. The number of aromatic nitrogens is 1. The Labute approximate surface area is 193 Å². The second kappa shape index (κ2) is 9.59. The summed E-state index contributed by atoms with van der Waals surface area (Å²) in [5.74, 6) is 0.465. The smallest absolute Gasteiger partial charge is 0.286 e. The van der Waals surface area contributed by atoms with Gasteiger partial charge in [-0.3, -0.25) is 19.8 Å². The molecule has 33 heavy (non-hydrogen) atoms. The van der Waals surface area contributed by atoms with Crippen LogP contribution < -0.4 is 19.1 Å². The molecule has 2 aromatic carbocycles. The molecule has 11 heteroatoms. The zero-order valence-corrected chi connectivity index (χ0v) is 19.2. The van der Waals surface area contributed by atoms with Crippen LogP contribution >= 0.6 is 11.3 Å². The van der Waals surface area contributed by atoms with Gasteiger partial charge in [-0.25, -0.2) is 4.98 Å². The molecule has 0 saturated carbocycles. The first-order valence-electron chi connectivity index (χ1n) is 10.2. The third-order valence-corrected chi connectivity index (χ3v) is 6.46. The van der Waals surface area contributed by atoms with Crippen LogP contribution in [0.2, 0.25) is 0 Å². The number of nitrogens with zero attached hydrogens (tertiary/aromatic N) is 3. The lowest BCUT2D eigenvalue weighted by molar-refractivity contribution is -0.385. The molecule has 1 amide bonds. The second-order valence-electron chi connectivity index (χ2n) is 7.36. The van der Waals surface area contributed by atoms with Crippen LogP contribution in [-0.4, -0.2) is 56.4 Å². The molecule has 0 N–H and O–H groups in total. The van der Waals surface area contributed by atoms with E-state index in [2.05, 4.69) is 4.98 Å². The van der Waals surface area contributed by atoms with Crippen molar-refractivity contribution in [3.63, 3.8) is 0 Å². The monoisotopic (exact) mass is 473 g/mol. The van der Waals surface area contributed by atoms with Gasteiger partial charge in [-0.1, -0.05) is 11.3 Å². The fourth-order valence-electron chi connectivity index (χ4n) is 3.71. The standard InChI is InChI=1S/C22H23N3O7S/c1-29-13-6-7-20-16(9-13)23-22(33-20)24(12-14-5-4-8-32-14)21(26)15-10-18(30-2)19(31-3)11-17(15)25(27)28/h6-7,9-11,14H,4-5,8,12H2,1-3H3. The van der Waals surface area contributed by atoms with Crippen molar-refractivity contribution in [3.05, 3.63) is 46.0 Å². The molecular weight excluding hydrogens is 450 g/mol. The lowest BCUT2D eigenvalue weighted by Gasteiger charge is -2.23. The minimum Gasteiger partial charge on any atom is -0.497 e. The van der Waals surface area contributed by atoms with Gasteiger partial charge in [0, 0.05) is 18.7 Å². The van der Waals surface area contributed by atoms with Crippen LogP contribution in [0.5, 0.6) is 17.2 Å². The highest BCUT2D eigenvalue weighted by atomic mass is 32.1. The van der Waals surface area contributed by atoms with Crippen molar-refractivity contribution in [1.82, 2.24) is 4.98 Å². The lowest BCUT2D eigenvalue weighted by atomic mass is 10.1. The highest BCUT2D eigenvalue weighted by Gasteiger charge is 2.32. The zero-order chi connectivity index (χ0) is 23.5. The Kier molecular flexibility index (Phi) is 6.61. The van der Waals surface area contributed by atoms with Crippen molar-refractivity contribution in [2.45, 2.75) is 18.9 Å². The average molecular weight is 474 g/mol. The van der Waals surface area contributed by atoms with Crippen molar-refractivity contribution in [2.75, 3.05) is 39.4 Å². The molecule has 0 aliphatic carbocycles. The topological polar surface area (TPSA) is 113 Å². The summed E-state index contributed by atoms with van der Waals surface area (Å²) < 4.78 is 22.3. The van der Waals surface area contributed by atoms with Gasteiger partial charge in [0.1, 0.15) is 11.3 Å². The fourth-order valence-corrected chi connectivity index (χ4v) is 4.67. The Morgan fingerprint density at radius 1 is 1.21 bits per heavy atom. The summed E-state index contributed by atoms with van der Waals surface area (Å²) in [5, 5.41) is 12.2.